The lowest BCUT2D eigenvalue weighted by molar-refractivity contribution is -0.384. The Morgan fingerprint density at radius 2 is 1.88 bits per heavy atom. The van der Waals surface area contributed by atoms with E-state index in [2.05, 4.69) is 15.5 Å². The van der Waals surface area contributed by atoms with Crippen molar-refractivity contribution in [1.82, 2.24) is 15.5 Å². The standard InChI is InChI=1S/C23H28N4O6/c1-16(25-23(29)18-4-3-5-19(14-18)27(30)31)22(28)24-15-21(26-10-12-33-13-11-26)17-6-8-20(32-2)9-7-17/h3-9,14,16,21H,10-13,15H2,1-2H3,(H,24,28)(H,25,29)/t16-,21?/m0/s1. The van der Waals surface area contributed by atoms with Gasteiger partial charge in [-0.15, -0.1) is 0 Å². The maximum atomic E-state index is 12.7. The van der Waals surface area contributed by atoms with Crippen molar-refractivity contribution < 1.29 is 24.0 Å². The molecule has 2 atom stereocenters. The van der Waals surface area contributed by atoms with Crippen LogP contribution in [0.3, 0.4) is 0 Å². The van der Waals surface area contributed by atoms with Crippen molar-refractivity contribution in [3.63, 3.8) is 0 Å². The van der Waals surface area contributed by atoms with Gasteiger partial charge in [-0.25, -0.2) is 0 Å². The van der Waals surface area contributed by atoms with Crippen molar-refractivity contribution in [2.45, 2.75) is 19.0 Å². The molecular weight excluding hydrogens is 428 g/mol. The quantitative estimate of drug-likeness (QED) is 0.436. The van der Waals surface area contributed by atoms with Gasteiger partial charge in [-0.05, 0) is 30.7 Å². The molecule has 2 N–H and O–H groups in total. The number of hydrogen-bond donors (Lipinski definition) is 2. The highest BCUT2D eigenvalue weighted by atomic mass is 16.6. The molecule has 0 aliphatic carbocycles. The topological polar surface area (TPSA) is 123 Å². The lowest BCUT2D eigenvalue weighted by Crippen LogP contribution is -2.48. The number of rotatable bonds is 9. The molecule has 1 heterocycles. The lowest BCUT2D eigenvalue weighted by Gasteiger charge is -2.35. The normalized spacial score (nSPS) is 15.8. The third-order valence-electron chi connectivity index (χ3n) is 5.52. The van der Waals surface area contributed by atoms with Crippen LogP contribution in [0.2, 0.25) is 0 Å². The van der Waals surface area contributed by atoms with Gasteiger partial charge in [0.2, 0.25) is 5.91 Å². The first-order valence-electron chi connectivity index (χ1n) is 10.7. The van der Waals surface area contributed by atoms with Gasteiger partial charge >= 0.3 is 0 Å². The number of methoxy groups -OCH3 is 1. The number of benzene rings is 2. The molecule has 0 radical (unpaired) electrons. The second-order valence-electron chi connectivity index (χ2n) is 7.69. The molecular formula is C23H28N4O6. The van der Waals surface area contributed by atoms with Gasteiger partial charge in [0.15, 0.2) is 0 Å². The van der Waals surface area contributed by atoms with E-state index in [0.29, 0.717) is 19.8 Å². The fraction of sp³-hybridized carbons (Fsp3) is 0.391. The number of non-ortho nitro benzene ring substituents is 1. The third kappa shape index (κ3) is 6.50. The van der Waals surface area contributed by atoms with Crippen molar-refractivity contribution >= 4 is 17.5 Å². The molecule has 3 rings (SSSR count). The molecule has 2 amide bonds. The molecule has 2 aromatic rings. The minimum atomic E-state index is -0.821. The summed E-state index contributed by atoms with van der Waals surface area (Å²) in [5.74, 6) is -0.150. The zero-order chi connectivity index (χ0) is 23.8. The van der Waals surface area contributed by atoms with Gasteiger partial charge < -0.3 is 20.1 Å². The van der Waals surface area contributed by atoms with Crippen LogP contribution in [0.4, 0.5) is 5.69 Å². The first-order chi connectivity index (χ1) is 15.9. The predicted molar refractivity (Wildman–Crippen MR) is 121 cm³/mol. The number of nitro groups is 1. The summed E-state index contributed by atoms with van der Waals surface area (Å²) in [5.41, 5.74) is 0.965. The smallest absolute Gasteiger partial charge is 0.270 e. The van der Waals surface area contributed by atoms with E-state index in [4.69, 9.17) is 9.47 Å². The molecule has 1 aliphatic heterocycles. The first-order valence-corrected chi connectivity index (χ1v) is 10.7. The van der Waals surface area contributed by atoms with Gasteiger partial charge in [0.25, 0.3) is 11.6 Å². The highest BCUT2D eigenvalue weighted by Gasteiger charge is 2.25. The Morgan fingerprint density at radius 3 is 2.52 bits per heavy atom. The van der Waals surface area contributed by atoms with Gasteiger partial charge in [0.1, 0.15) is 11.8 Å². The second-order valence-corrected chi connectivity index (χ2v) is 7.69. The molecule has 2 aromatic carbocycles. The number of ether oxygens (including phenoxy) is 2. The number of nitro benzene ring substituents is 1. The molecule has 0 spiro atoms. The lowest BCUT2D eigenvalue weighted by atomic mass is 10.0. The van der Waals surface area contributed by atoms with Crippen molar-refractivity contribution in [1.29, 1.82) is 0 Å². The number of amides is 2. The molecule has 10 nitrogen and oxygen atoms in total. The summed E-state index contributed by atoms with van der Waals surface area (Å²) >= 11 is 0. The summed E-state index contributed by atoms with van der Waals surface area (Å²) in [6.45, 7) is 4.65. The highest BCUT2D eigenvalue weighted by molar-refractivity contribution is 5.97. The summed E-state index contributed by atoms with van der Waals surface area (Å²) in [6, 6.07) is 12.2. The molecule has 10 heteroatoms. The predicted octanol–water partition coefficient (Wildman–Crippen LogP) is 1.91. The van der Waals surface area contributed by atoms with E-state index in [0.717, 1.165) is 24.4 Å². The molecule has 1 saturated heterocycles. The molecule has 1 fully saturated rings. The number of morpholine rings is 1. The fourth-order valence-corrected chi connectivity index (χ4v) is 3.63. The number of carbonyl (C=O) groups is 2. The Hall–Kier alpha value is -3.50. The van der Waals surface area contributed by atoms with Crippen LogP contribution < -0.4 is 15.4 Å². The van der Waals surface area contributed by atoms with E-state index in [-0.39, 0.29) is 23.2 Å². The van der Waals surface area contributed by atoms with E-state index in [1.807, 2.05) is 24.3 Å². The average Bonchev–Trinajstić information content (AvgIpc) is 2.85. The Balaban J connectivity index is 1.63. The van der Waals surface area contributed by atoms with Gasteiger partial charge in [-0.2, -0.15) is 0 Å². The summed E-state index contributed by atoms with van der Waals surface area (Å²) in [6.07, 6.45) is 0. The van der Waals surface area contributed by atoms with E-state index >= 15 is 0 Å². The van der Waals surface area contributed by atoms with Gasteiger partial charge in [-0.3, -0.25) is 24.6 Å². The van der Waals surface area contributed by atoms with E-state index in [1.165, 1.54) is 24.3 Å². The maximum absolute atomic E-state index is 12.7. The van der Waals surface area contributed by atoms with E-state index in [9.17, 15) is 19.7 Å². The number of nitrogens with one attached hydrogen (secondary N) is 2. The monoisotopic (exact) mass is 456 g/mol. The maximum Gasteiger partial charge on any atom is 0.270 e. The van der Waals surface area contributed by atoms with Crippen molar-refractivity contribution in [3.8, 4) is 5.75 Å². The van der Waals surface area contributed by atoms with Crippen molar-refractivity contribution in [2.75, 3.05) is 40.0 Å². The first kappa shape index (κ1) is 24.1. The largest absolute Gasteiger partial charge is 0.497 e. The van der Waals surface area contributed by atoms with Gasteiger partial charge in [-0.1, -0.05) is 18.2 Å². The minimum Gasteiger partial charge on any atom is -0.497 e. The summed E-state index contributed by atoms with van der Waals surface area (Å²) in [4.78, 5) is 37.8. The number of nitrogens with zero attached hydrogens (tertiary/aromatic N) is 2. The van der Waals surface area contributed by atoms with Crippen LogP contribution in [0.15, 0.2) is 48.5 Å². The van der Waals surface area contributed by atoms with Crippen LogP contribution in [0.5, 0.6) is 5.75 Å². The van der Waals surface area contributed by atoms with Gasteiger partial charge in [0.05, 0.1) is 31.3 Å². The number of carbonyl (C=O) groups excluding carboxylic acids is 2. The molecule has 0 saturated carbocycles. The molecule has 1 unspecified atom stereocenters. The molecule has 176 valence electrons. The van der Waals surface area contributed by atoms with Crippen molar-refractivity contribution in [3.05, 3.63) is 69.8 Å². The third-order valence-corrected chi connectivity index (χ3v) is 5.52. The van der Waals surface area contributed by atoms with E-state index in [1.54, 1.807) is 14.0 Å². The van der Waals surface area contributed by atoms with Crippen LogP contribution in [-0.4, -0.2) is 67.6 Å². The average molecular weight is 456 g/mol. The summed E-state index contributed by atoms with van der Waals surface area (Å²) in [5, 5.41) is 16.4. The fourth-order valence-electron chi connectivity index (χ4n) is 3.63. The Morgan fingerprint density at radius 1 is 1.18 bits per heavy atom. The van der Waals surface area contributed by atoms with Crippen molar-refractivity contribution in [2.24, 2.45) is 0 Å². The van der Waals surface area contributed by atoms with Crippen LogP contribution in [0.1, 0.15) is 28.9 Å². The zero-order valence-corrected chi connectivity index (χ0v) is 18.7. The Kier molecular flexibility index (Phi) is 8.34. The van der Waals surface area contributed by atoms with Crippen LogP contribution in [0.25, 0.3) is 0 Å². The van der Waals surface area contributed by atoms with Gasteiger partial charge in [0, 0.05) is 37.3 Å². The van der Waals surface area contributed by atoms with Crippen LogP contribution >= 0.6 is 0 Å². The highest BCUT2D eigenvalue weighted by Crippen LogP contribution is 2.23. The summed E-state index contributed by atoms with van der Waals surface area (Å²) in [7, 11) is 1.61. The minimum absolute atomic E-state index is 0.0663. The van der Waals surface area contributed by atoms with E-state index < -0.39 is 16.9 Å². The second kappa shape index (κ2) is 11.4. The zero-order valence-electron chi connectivity index (χ0n) is 18.7. The molecule has 33 heavy (non-hydrogen) atoms. The SMILES string of the molecule is COc1ccc(C(CNC(=O)[C@H](C)NC(=O)c2cccc([N+](=O)[O-])c2)N2CCOCC2)cc1. The van der Waals surface area contributed by atoms with Crippen LogP contribution in [0, 0.1) is 10.1 Å². The Bertz CT molecular complexity index is 975. The molecule has 0 aromatic heterocycles. The molecule has 0 bridgehead atoms. The summed E-state index contributed by atoms with van der Waals surface area (Å²) < 4.78 is 10.7. The van der Waals surface area contributed by atoms with Crippen LogP contribution in [-0.2, 0) is 9.53 Å². The molecule has 1 aliphatic rings. The number of hydrogen-bond acceptors (Lipinski definition) is 7. The Labute approximate surface area is 192 Å².